The predicted molar refractivity (Wildman–Crippen MR) is 112 cm³/mol. The van der Waals surface area contributed by atoms with Crippen molar-refractivity contribution in [2.45, 2.75) is 27.7 Å². The van der Waals surface area contributed by atoms with Gasteiger partial charge in [0.25, 0.3) is 0 Å². The van der Waals surface area contributed by atoms with E-state index in [1.807, 2.05) is 25.1 Å². The SMILES string of the molecule is CCOC(=O)c1ccccc1Nc1cc(Nc2cc(C)cc(C)c2)nc(C)n1. The first-order valence-electron chi connectivity index (χ1n) is 9.19. The van der Waals surface area contributed by atoms with Crippen LogP contribution in [0.1, 0.15) is 34.2 Å². The quantitative estimate of drug-likeness (QED) is 0.585. The van der Waals surface area contributed by atoms with E-state index in [1.165, 1.54) is 11.1 Å². The molecule has 0 aliphatic carbocycles. The molecule has 3 aromatic rings. The molecule has 0 aliphatic heterocycles. The number of benzene rings is 2. The number of nitrogens with one attached hydrogen (secondary N) is 2. The first-order valence-corrected chi connectivity index (χ1v) is 9.19. The molecule has 0 fully saturated rings. The van der Waals surface area contributed by atoms with Crippen LogP contribution in [-0.4, -0.2) is 22.5 Å². The molecule has 0 unspecified atom stereocenters. The number of hydrogen-bond acceptors (Lipinski definition) is 6. The van der Waals surface area contributed by atoms with Crippen LogP contribution in [0.2, 0.25) is 0 Å². The fourth-order valence-electron chi connectivity index (χ4n) is 3.01. The molecule has 28 heavy (non-hydrogen) atoms. The third-order valence-electron chi connectivity index (χ3n) is 4.02. The van der Waals surface area contributed by atoms with Crippen molar-refractivity contribution < 1.29 is 9.53 Å². The van der Waals surface area contributed by atoms with E-state index in [9.17, 15) is 4.79 Å². The van der Waals surface area contributed by atoms with Gasteiger partial charge in [-0.25, -0.2) is 14.8 Å². The van der Waals surface area contributed by atoms with Crippen molar-refractivity contribution in [1.29, 1.82) is 0 Å². The monoisotopic (exact) mass is 376 g/mol. The van der Waals surface area contributed by atoms with E-state index in [2.05, 4.69) is 52.6 Å². The molecule has 6 nitrogen and oxygen atoms in total. The van der Waals surface area contributed by atoms with Crippen LogP contribution in [0.25, 0.3) is 0 Å². The zero-order valence-electron chi connectivity index (χ0n) is 16.5. The molecule has 0 radical (unpaired) electrons. The number of nitrogens with zero attached hydrogens (tertiary/aromatic N) is 2. The van der Waals surface area contributed by atoms with E-state index in [4.69, 9.17) is 4.74 Å². The van der Waals surface area contributed by atoms with Crippen molar-refractivity contribution >= 4 is 29.0 Å². The summed E-state index contributed by atoms with van der Waals surface area (Å²) >= 11 is 0. The van der Waals surface area contributed by atoms with E-state index in [-0.39, 0.29) is 5.97 Å². The zero-order valence-corrected chi connectivity index (χ0v) is 16.5. The number of ether oxygens (including phenoxy) is 1. The number of para-hydroxylation sites is 1. The van der Waals surface area contributed by atoms with Crippen molar-refractivity contribution in [3.8, 4) is 0 Å². The fraction of sp³-hybridized carbons (Fsp3) is 0.227. The van der Waals surface area contributed by atoms with Crippen LogP contribution in [0.3, 0.4) is 0 Å². The Morgan fingerprint density at radius 3 is 2.25 bits per heavy atom. The molecule has 1 aromatic heterocycles. The third-order valence-corrected chi connectivity index (χ3v) is 4.02. The second kappa shape index (κ2) is 8.52. The van der Waals surface area contributed by atoms with Gasteiger partial charge in [-0.3, -0.25) is 0 Å². The van der Waals surface area contributed by atoms with Gasteiger partial charge in [-0.1, -0.05) is 18.2 Å². The summed E-state index contributed by atoms with van der Waals surface area (Å²) in [6, 6.07) is 15.3. The van der Waals surface area contributed by atoms with Crippen LogP contribution < -0.4 is 10.6 Å². The molecule has 0 atom stereocenters. The minimum absolute atomic E-state index is 0.323. The molecule has 0 saturated carbocycles. The Kier molecular flexibility index (Phi) is 5.89. The molecule has 2 N–H and O–H groups in total. The Bertz CT molecular complexity index is 981. The van der Waals surface area contributed by atoms with Gasteiger partial charge in [0.2, 0.25) is 0 Å². The van der Waals surface area contributed by atoms with Gasteiger partial charge in [0.15, 0.2) is 0 Å². The molecule has 144 valence electrons. The topological polar surface area (TPSA) is 76.1 Å². The van der Waals surface area contributed by atoms with E-state index < -0.39 is 0 Å². The van der Waals surface area contributed by atoms with Gasteiger partial charge in [0, 0.05) is 11.8 Å². The van der Waals surface area contributed by atoms with Gasteiger partial charge in [-0.15, -0.1) is 0 Å². The van der Waals surface area contributed by atoms with E-state index in [0.29, 0.717) is 35.3 Å². The summed E-state index contributed by atoms with van der Waals surface area (Å²) in [4.78, 5) is 21.1. The minimum Gasteiger partial charge on any atom is -0.462 e. The smallest absolute Gasteiger partial charge is 0.340 e. The van der Waals surface area contributed by atoms with Gasteiger partial charge in [0.05, 0.1) is 17.9 Å². The normalized spacial score (nSPS) is 10.4. The lowest BCUT2D eigenvalue weighted by atomic mass is 10.1. The molecular weight excluding hydrogens is 352 g/mol. The maximum absolute atomic E-state index is 12.2. The van der Waals surface area contributed by atoms with Gasteiger partial charge in [-0.05, 0) is 63.1 Å². The minimum atomic E-state index is -0.370. The molecule has 0 spiro atoms. The van der Waals surface area contributed by atoms with Crippen LogP contribution >= 0.6 is 0 Å². The molecular formula is C22H24N4O2. The highest BCUT2D eigenvalue weighted by Crippen LogP contribution is 2.24. The zero-order chi connectivity index (χ0) is 20.1. The highest BCUT2D eigenvalue weighted by Gasteiger charge is 2.13. The highest BCUT2D eigenvalue weighted by molar-refractivity contribution is 5.96. The maximum Gasteiger partial charge on any atom is 0.340 e. The second-order valence-electron chi connectivity index (χ2n) is 6.58. The Morgan fingerprint density at radius 2 is 1.57 bits per heavy atom. The average Bonchev–Trinajstić information content (AvgIpc) is 2.61. The number of aryl methyl sites for hydroxylation is 3. The first-order chi connectivity index (χ1) is 13.4. The summed E-state index contributed by atoms with van der Waals surface area (Å²) in [5, 5.41) is 6.54. The number of carbonyl (C=O) groups excluding carboxylic acids is 1. The van der Waals surface area contributed by atoms with Gasteiger partial charge < -0.3 is 15.4 Å². The van der Waals surface area contributed by atoms with Crippen molar-refractivity contribution in [2.24, 2.45) is 0 Å². The van der Waals surface area contributed by atoms with Crippen molar-refractivity contribution in [3.05, 3.63) is 71.0 Å². The molecule has 1 heterocycles. The van der Waals surface area contributed by atoms with Gasteiger partial charge in [-0.2, -0.15) is 0 Å². The second-order valence-corrected chi connectivity index (χ2v) is 6.58. The van der Waals surface area contributed by atoms with Crippen LogP contribution in [0, 0.1) is 20.8 Å². The number of carbonyl (C=O) groups is 1. The number of rotatable bonds is 6. The molecule has 0 amide bonds. The maximum atomic E-state index is 12.2. The summed E-state index contributed by atoms with van der Waals surface area (Å²) < 4.78 is 5.13. The summed E-state index contributed by atoms with van der Waals surface area (Å²) in [5.41, 5.74) is 4.42. The van der Waals surface area contributed by atoms with Crippen LogP contribution in [0.15, 0.2) is 48.5 Å². The summed E-state index contributed by atoms with van der Waals surface area (Å²) in [6.07, 6.45) is 0. The summed E-state index contributed by atoms with van der Waals surface area (Å²) in [5.74, 6) is 1.51. The standard InChI is InChI=1S/C22H24N4O2/c1-5-28-22(27)18-8-6-7-9-19(18)26-21-13-20(23-16(4)24-21)25-17-11-14(2)10-15(3)12-17/h6-13H,5H2,1-4H3,(H2,23,24,25,26). The molecule has 0 saturated heterocycles. The number of aromatic nitrogens is 2. The predicted octanol–water partition coefficient (Wildman–Crippen LogP) is 5.07. The van der Waals surface area contributed by atoms with Crippen LogP contribution in [0.5, 0.6) is 0 Å². The lowest BCUT2D eigenvalue weighted by Gasteiger charge is -2.13. The largest absolute Gasteiger partial charge is 0.462 e. The summed E-state index contributed by atoms with van der Waals surface area (Å²) in [6.45, 7) is 8.05. The fourth-order valence-corrected chi connectivity index (χ4v) is 3.01. The number of hydrogen-bond donors (Lipinski definition) is 2. The Hall–Kier alpha value is -3.41. The van der Waals surface area contributed by atoms with Gasteiger partial charge in [0.1, 0.15) is 17.5 Å². The summed E-state index contributed by atoms with van der Waals surface area (Å²) in [7, 11) is 0. The molecule has 6 heteroatoms. The van der Waals surface area contributed by atoms with Gasteiger partial charge >= 0.3 is 5.97 Å². The first kappa shape index (κ1) is 19.4. The molecule has 2 aromatic carbocycles. The molecule has 0 bridgehead atoms. The van der Waals surface area contributed by atoms with Crippen LogP contribution in [0.4, 0.5) is 23.0 Å². The van der Waals surface area contributed by atoms with Crippen molar-refractivity contribution in [2.75, 3.05) is 17.2 Å². The lowest BCUT2D eigenvalue weighted by molar-refractivity contribution is 0.0527. The third kappa shape index (κ3) is 4.85. The Labute approximate surface area is 165 Å². The van der Waals surface area contributed by atoms with E-state index in [1.54, 1.807) is 19.1 Å². The van der Waals surface area contributed by atoms with E-state index in [0.717, 1.165) is 5.69 Å². The number of anilines is 4. The Morgan fingerprint density at radius 1 is 0.929 bits per heavy atom. The van der Waals surface area contributed by atoms with Crippen molar-refractivity contribution in [3.63, 3.8) is 0 Å². The molecule has 3 rings (SSSR count). The Balaban J connectivity index is 1.87. The lowest BCUT2D eigenvalue weighted by Crippen LogP contribution is -2.09. The molecule has 0 aliphatic rings. The highest BCUT2D eigenvalue weighted by atomic mass is 16.5. The van der Waals surface area contributed by atoms with E-state index >= 15 is 0 Å². The van der Waals surface area contributed by atoms with Crippen LogP contribution in [-0.2, 0) is 4.74 Å². The van der Waals surface area contributed by atoms with Crippen molar-refractivity contribution in [1.82, 2.24) is 9.97 Å². The number of esters is 1. The average molecular weight is 376 g/mol.